The van der Waals surface area contributed by atoms with Gasteiger partial charge in [-0.25, -0.2) is 4.68 Å². The lowest BCUT2D eigenvalue weighted by Crippen LogP contribution is -2.44. The van der Waals surface area contributed by atoms with Crippen molar-refractivity contribution in [3.63, 3.8) is 0 Å². The number of rotatable bonds is 3. The summed E-state index contributed by atoms with van der Waals surface area (Å²) in [6, 6.07) is 11.8. The van der Waals surface area contributed by atoms with Crippen LogP contribution in [0.2, 0.25) is 0 Å². The summed E-state index contributed by atoms with van der Waals surface area (Å²) in [4.78, 5) is 24.6. The van der Waals surface area contributed by atoms with E-state index in [0.717, 1.165) is 42.5 Å². The quantitative estimate of drug-likeness (QED) is 0.931. The number of nitrogens with zero attached hydrogens (tertiary/aromatic N) is 2. The van der Waals surface area contributed by atoms with Crippen LogP contribution in [0.1, 0.15) is 36.1 Å². The lowest BCUT2D eigenvalue weighted by Gasteiger charge is -2.27. The van der Waals surface area contributed by atoms with Gasteiger partial charge in [-0.1, -0.05) is 30.3 Å². The summed E-state index contributed by atoms with van der Waals surface area (Å²) in [6.07, 6.45) is 4.18. The minimum absolute atomic E-state index is 0.0834. The summed E-state index contributed by atoms with van der Waals surface area (Å²) in [6.45, 7) is 0. The number of hydrogen-bond donors (Lipinski definition) is 1. The van der Waals surface area contributed by atoms with E-state index in [2.05, 4.69) is 10.4 Å². The van der Waals surface area contributed by atoms with Crippen LogP contribution in [0.3, 0.4) is 0 Å². The summed E-state index contributed by atoms with van der Waals surface area (Å²) < 4.78 is 1.38. The van der Waals surface area contributed by atoms with E-state index < -0.39 is 0 Å². The standard InChI is InChI=1S/C19H21N3O2/c1-22-17(23)12-13-11-15(7-8-16(13)21-22)20-18(24)19(9-10-19)14-5-3-2-4-6-14/h2-6,12,15H,7-11H2,1H3,(H,20,24). The van der Waals surface area contributed by atoms with E-state index in [-0.39, 0.29) is 22.9 Å². The average Bonchev–Trinajstić information content (AvgIpc) is 3.39. The molecule has 1 saturated carbocycles. The summed E-state index contributed by atoms with van der Waals surface area (Å²) in [5.74, 6) is 0.124. The molecule has 1 aromatic heterocycles. The predicted octanol–water partition coefficient (Wildman–Crippen LogP) is 1.49. The van der Waals surface area contributed by atoms with Crippen LogP contribution in [-0.2, 0) is 30.1 Å². The lowest BCUT2D eigenvalue weighted by atomic mass is 9.90. The zero-order valence-corrected chi connectivity index (χ0v) is 13.8. The van der Waals surface area contributed by atoms with Crippen molar-refractivity contribution in [3.8, 4) is 0 Å². The van der Waals surface area contributed by atoms with Crippen LogP contribution in [0.4, 0.5) is 0 Å². The molecule has 24 heavy (non-hydrogen) atoms. The van der Waals surface area contributed by atoms with Gasteiger partial charge in [-0.2, -0.15) is 5.10 Å². The van der Waals surface area contributed by atoms with Crippen LogP contribution in [0, 0.1) is 0 Å². The molecule has 1 N–H and O–H groups in total. The molecule has 0 bridgehead atoms. The number of benzene rings is 1. The Morgan fingerprint density at radius 1 is 1.29 bits per heavy atom. The Kier molecular flexibility index (Phi) is 3.52. The van der Waals surface area contributed by atoms with Crippen molar-refractivity contribution >= 4 is 5.91 Å². The van der Waals surface area contributed by atoms with Gasteiger partial charge in [-0.15, -0.1) is 0 Å². The van der Waals surface area contributed by atoms with E-state index in [1.165, 1.54) is 4.68 Å². The highest BCUT2D eigenvalue weighted by atomic mass is 16.2. The van der Waals surface area contributed by atoms with Gasteiger partial charge in [0.15, 0.2) is 0 Å². The van der Waals surface area contributed by atoms with E-state index in [4.69, 9.17) is 0 Å². The van der Waals surface area contributed by atoms with Crippen LogP contribution < -0.4 is 10.9 Å². The Hall–Kier alpha value is -2.43. The number of aromatic nitrogens is 2. The van der Waals surface area contributed by atoms with Gasteiger partial charge in [0.05, 0.1) is 11.1 Å². The maximum atomic E-state index is 12.8. The molecule has 1 fully saturated rings. The summed E-state index contributed by atoms with van der Waals surface area (Å²) in [5, 5.41) is 7.55. The molecule has 5 heteroatoms. The second kappa shape index (κ2) is 5.58. The number of carbonyl (C=O) groups excluding carboxylic acids is 1. The molecule has 0 saturated heterocycles. The Morgan fingerprint density at radius 3 is 2.75 bits per heavy atom. The Morgan fingerprint density at radius 2 is 2.04 bits per heavy atom. The Labute approximate surface area is 140 Å². The van der Waals surface area contributed by atoms with Crippen LogP contribution in [0.25, 0.3) is 0 Å². The molecule has 1 amide bonds. The molecule has 2 aliphatic carbocycles. The molecular weight excluding hydrogens is 302 g/mol. The van der Waals surface area contributed by atoms with Crippen molar-refractivity contribution in [2.45, 2.75) is 43.6 Å². The van der Waals surface area contributed by atoms with Gasteiger partial charge in [0, 0.05) is 19.2 Å². The van der Waals surface area contributed by atoms with Crippen molar-refractivity contribution in [3.05, 3.63) is 63.6 Å². The van der Waals surface area contributed by atoms with Crippen LogP contribution >= 0.6 is 0 Å². The molecular formula is C19H21N3O2. The minimum Gasteiger partial charge on any atom is -0.352 e. The first-order chi connectivity index (χ1) is 11.6. The Bertz CT molecular complexity index is 837. The van der Waals surface area contributed by atoms with Crippen molar-refractivity contribution in [1.29, 1.82) is 0 Å². The SMILES string of the molecule is Cn1nc2c(cc1=O)CC(NC(=O)C1(c3ccccc3)CC1)CC2. The molecule has 4 rings (SSSR count). The molecule has 0 aliphatic heterocycles. The van der Waals surface area contributed by atoms with E-state index in [0.29, 0.717) is 6.42 Å². The zero-order valence-electron chi connectivity index (χ0n) is 13.8. The molecule has 1 atom stereocenters. The first-order valence-electron chi connectivity index (χ1n) is 8.51. The largest absolute Gasteiger partial charge is 0.352 e. The van der Waals surface area contributed by atoms with Gasteiger partial charge in [-0.05, 0) is 43.2 Å². The summed E-state index contributed by atoms with van der Waals surface area (Å²) in [5.41, 5.74) is 2.62. The van der Waals surface area contributed by atoms with E-state index in [9.17, 15) is 9.59 Å². The zero-order chi connectivity index (χ0) is 16.7. The minimum atomic E-state index is -0.341. The van der Waals surface area contributed by atoms with Gasteiger partial charge in [0.2, 0.25) is 5.91 Å². The summed E-state index contributed by atoms with van der Waals surface area (Å²) >= 11 is 0. The van der Waals surface area contributed by atoms with E-state index >= 15 is 0 Å². The summed E-state index contributed by atoms with van der Waals surface area (Å²) in [7, 11) is 1.67. The first-order valence-corrected chi connectivity index (χ1v) is 8.51. The topological polar surface area (TPSA) is 64.0 Å². The van der Waals surface area contributed by atoms with Gasteiger partial charge < -0.3 is 5.32 Å². The van der Waals surface area contributed by atoms with Gasteiger partial charge in [0.1, 0.15) is 0 Å². The van der Waals surface area contributed by atoms with Crippen molar-refractivity contribution in [2.75, 3.05) is 0 Å². The normalized spacial score (nSPS) is 21.0. The second-order valence-electron chi connectivity index (χ2n) is 6.94. The van der Waals surface area contributed by atoms with E-state index in [1.54, 1.807) is 13.1 Å². The monoisotopic (exact) mass is 323 g/mol. The van der Waals surface area contributed by atoms with Crippen molar-refractivity contribution in [2.24, 2.45) is 7.05 Å². The highest BCUT2D eigenvalue weighted by Crippen LogP contribution is 2.48. The maximum Gasteiger partial charge on any atom is 0.266 e. The molecule has 1 aromatic carbocycles. The molecule has 0 radical (unpaired) electrons. The highest BCUT2D eigenvalue weighted by Gasteiger charge is 2.51. The number of hydrogen-bond acceptors (Lipinski definition) is 3. The van der Waals surface area contributed by atoms with Crippen molar-refractivity contribution in [1.82, 2.24) is 15.1 Å². The first kappa shape index (κ1) is 15.1. The number of fused-ring (bicyclic) bond motifs is 1. The molecule has 1 unspecified atom stereocenters. The van der Waals surface area contributed by atoms with E-state index in [1.807, 2.05) is 30.3 Å². The smallest absolute Gasteiger partial charge is 0.266 e. The molecule has 0 spiro atoms. The van der Waals surface area contributed by atoms with Gasteiger partial charge in [-0.3, -0.25) is 9.59 Å². The second-order valence-corrected chi connectivity index (χ2v) is 6.94. The average molecular weight is 323 g/mol. The van der Waals surface area contributed by atoms with Gasteiger partial charge in [0.25, 0.3) is 5.56 Å². The number of aryl methyl sites for hydroxylation is 2. The lowest BCUT2D eigenvalue weighted by molar-refractivity contribution is -0.124. The number of nitrogens with one attached hydrogen (secondary N) is 1. The fourth-order valence-corrected chi connectivity index (χ4v) is 3.66. The van der Waals surface area contributed by atoms with Crippen LogP contribution in [-0.4, -0.2) is 21.7 Å². The molecule has 2 aliphatic rings. The van der Waals surface area contributed by atoms with Crippen molar-refractivity contribution < 1.29 is 4.79 Å². The Balaban J connectivity index is 1.50. The highest BCUT2D eigenvalue weighted by molar-refractivity contribution is 5.91. The third kappa shape index (κ3) is 2.54. The fourth-order valence-electron chi connectivity index (χ4n) is 3.66. The third-order valence-corrected chi connectivity index (χ3v) is 5.30. The maximum absolute atomic E-state index is 12.8. The molecule has 5 nitrogen and oxygen atoms in total. The third-order valence-electron chi connectivity index (χ3n) is 5.30. The molecule has 2 aromatic rings. The number of carbonyl (C=O) groups is 1. The predicted molar refractivity (Wildman–Crippen MR) is 90.8 cm³/mol. The van der Waals surface area contributed by atoms with Crippen LogP contribution in [0.15, 0.2) is 41.2 Å². The fraction of sp³-hybridized carbons (Fsp3) is 0.421. The van der Waals surface area contributed by atoms with Crippen LogP contribution in [0.5, 0.6) is 0 Å². The number of amides is 1. The molecule has 124 valence electrons. The molecule has 1 heterocycles. The van der Waals surface area contributed by atoms with Gasteiger partial charge >= 0.3 is 0 Å².